The van der Waals surface area contributed by atoms with Crippen LogP contribution in [0.5, 0.6) is 0 Å². The van der Waals surface area contributed by atoms with Crippen molar-refractivity contribution in [3.63, 3.8) is 0 Å². The molecule has 0 fully saturated rings. The van der Waals surface area contributed by atoms with Crippen molar-refractivity contribution in [3.8, 4) is 0 Å². The Morgan fingerprint density at radius 1 is 1.60 bits per heavy atom. The highest BCUT2D eigenvalue weighted by atomic mass is 16.2. The van der Waals surface area contributed by atoms with Crippen molar-refractivity contribution in [1.82, 2.24) is 0 Å². The van der Waals surface area contributed by atoms with Crippen LogP contribution in [0.15, 0.2) is 18.4 Å². The van der Waals surface area contributed by atoms with Crippen LogP contribution in [0.4, 0.5) is 0 Å². The Kier molecular flexibility index (Phi) is 2.81. The number of hydrogen-bond donors (Lipinski definition) is 0. The predicted molar refractivity (Wildman–Crippen MR) is 18.7 cm³/mol. The summed E-state index contributed by atoms with van der Waals surface area (Å²) < 4.78 is 0. The Hall–Kier alpha value is -0.720. The Balaban J connectivity index is 2.92. The van der Waals surface area contributed by atoms with Gasteiger partial charge in [0.25, 0.3) is 0 Å². The summed E-state index contributed by atoms with van der Waals surface area (Å²) in [5, 5.41) is 9.24. The van der Waals surface area contributed by atoms with Gasteiger partial charge in [0.15, 0.2) is 0 Å². The van der Waals surface area contributed by atoms with E-state index in [1.54, 1.807) is 0 Å². The van der Waals surface area contributed by atoms with E-state index in [-0.39, 0.29) is 0 Å². The molecule has 0 heterocycles. The van der Waals surface area contributed by atoms with E-state index in [1.165, 1.54) is 12.2 Å². The summed E-state index contributed by atoms with van der Waals surface area (Å²) in [4.78, 5) is 0. The minimum absolute atomic E-state index is 0.625. The van der Waals surface area contributed by atoms with Gasteiger partial charge in [0.1, 0.15) is 6.26 Å². The van der Waals surface area contributed by atoms with E-state index < -0.39 is 0 Å². The standard InChI is InChI=1S/C4H4O/c1-2-3-4-5/h1-4H. The molecule has 0 unspecified atom stereocenters. The van der Waals surface area contributed by atoms with E-state index in [4.69, 9.17) is 6.58 Å². The molecule has 0 spiro atoms. The lowest BCUT2D eigenvalue weighted by Crippen LogP contribution is -1.37. The fourth-order valence-electron chi connectivity index (χ4n) is 0.0454. The molecule has 0 aliphatic heterocycles. The van der Waals surface area contributed by atoms with Crippen LogP contribution in [-0.2, 0) is 5.11 Å². The zero-order chi connectivity index (χ0) is 4.12. The maximum absolute atomic E-state index is 9.24. The molecule has 1 heteroatoms. The summed E-state index contributed by atoms with van der Waals surface area (Å²) in [6.45, 7) is 4.73. The molecule has 0 atom stereocenters. The molecule has 0 aromatic rings. The normalized spacial score (nSPS) is 8.80. The summed E-state index contributed by atoms with van der Waals surface area (Å²) in [5.41, 5.74) is 0. The first-order chi connectivity index (χ1) is 2.41. The van der Waals surface area contributed by atoms with Gasteiger partial charge in [0, 0.05) is 0 Å². The molecular formula is C4H4O. The highest BCUT2D eigenvalue weighted by molar-refractivity contribution is 4.89. The van der Waals surface area contributed by atoms with Crippen LogP contribution < -0.4 is 0 Å². The van der Waals surface area contributed by atoms with E-state index in [0.29, 0.717) is 6.26 Å². The zero-order valence-corrected chi connectivity index (χ0v) is 2.72. The topological polar surface area (TPSA) is 19.9 Å². The largest absolute Gasteiger partial charge is 0.299 e. The smallest absolute Gasteiger partial charge is 0.142 e. The van der Waals surface area contributed by atoms with Crippen LogP contribution in [-0.4, -0.2) is 0 Å². The van der Waals surface area contributed by atoms with Crippen molar-refractivity contribution in [2.24, 2.45) is 0 Å². The van der Waals surface area contributed by atoms with E-state index >= 15 is 0 Å². The van der Waals surface area contributed by atoms with Crippen LogP contribution in [0.2, 0.25) is 0 Å². The molecule has 0 aliphatic rings. The van der Waals surface area contributed by atoms with Gasteiger partial charge in [0.05, 0.1) is 0 Å². The third-order valence-corrected chi connectivity index (χ3v) is 0.190. The van der Waals surface area contributed by atoms with Gasteiger partial charge in [-0.25, -0.2) is 0 Å². The molecule has 0 aromatic carbocycles. The van der Waals surface area contributed by atoms with E-state index in [0.717, 1.165) is 0 Å². The molecule has 2 radical (unpaired) electrons. The molecule has 1 nitrogen and oxygen atoms in total. The Labute approximate surface area is 31.2 Å². The second-order valence-electron chi connectivity index (χ2n) is 0.521. The average Bonchev–Trinajstić information content (AvgIpc) is 1.41. The lowest BCUT2D eigenvalue weighted by Gasteiger charge is -1.52. The summed E-state index contributed by atoms with van der Waals surface area (Å²) in [6.07, 6.45) is 3.03. The highest BCUT2D eigenvalue weighted by Crippen LogP contribution is 1.61. The van der Waals surface area contributed by atoms with Crippen molar-refractivity contribution in [2.75, 3.05) is 0 Å². The second-order valence-corrected chi connectivity index (χ2v) is 0.521. The molecule has 0 rings (SSSR count). The van der Waals surface area contributed by atoms with Gasteiger partial charge >= 0.3 is 0 Å². The number of rotatable bonds is 1. The van der Waals surface area contributed by atoms with Gasteiger partial charge < -0.3 is 0 Å². The monoisotopic (exact) mass is 68.0 g/mol. The first-order valence-corrected chi connectivity index (χ1v) is 1.24. The molecule has 0 saturated heterocycles. The fourth-order valence-corrected chi connectivity index (χ4v) is 0.0454. The number of allylic oxidation sites excluding steroid dienone is 2. The molecule has 26 valence electrons. The van der Waals surface area contributed by atoms with Crippen molar-refractivity contribution in [1.29, 1.82) is 0 Å². The van der Waals surface area contributed by atoms with Gasteiger partial charge in [-0.3, -0.25) is 5.11 Å². The Bertz CT molecular complexity index is 45.6. The van der Waals surface area contributed by atoms with Crippen molar-refractivity contribution in [3.05, 3.63) is 25.0 Å². The predicted octanol–water partition coefficient (Wildman–Crippen LogP) is 0.920. The van der Waals surface area contributed by atoms with Gasteiger partial charge in [-0.2, -0.15) is 0 Å². The van der Waals surface area contributed by atoms with Crippen LogP contribution in [0.3, 0.4) is 0 Å². The summed E-state index contributed by atoms with van der Waals surface area (Å²) in [7, 11) is 0. The SMILES string of the molecule is [CH]=CC=C[O]. The Morgan fingerprint density at radius 2 is 2.20 bits per heavy atom. The van der Waals surface area contributed by atoms with Gasteiger partial charge in [-0.1, -0.05) is 12.7 Å². The van der Waals surface area contributed by atoms with Gasteiger partial charge in [-0.15, -0.1) is 0 Å². The molecule has 0 amide bonds. The fraction of sp³-hybridized carbons (Fsp3) is 0. The summed E-state index contributed by atoms with van der Waals surface area (Å²) >= 11 is 0. The van der Waals surface area contributed by atoms with Crippen LogP contribution in [0, 0.1) is 6.58 Å². The van der Waals surface area contributed by atoms with Gasteiger partial charge in [0.2, 0.25) is 0 Å². The lowest BCUT2D eigenvalue weighted by molar-refractivity contribution is 0.352. The molecular weight excluding hydrogens is 64.0 g/mol. The summed E-state index contributed by atoms with van der Waals surface area (Å²) in [5.74, 6) is 0. The highest BCUT2D eigenvalue weighted by Gasteiger charge is 1.47. The molecule has 0 aromatic heterocycles. The molecule has 0 bridgehead atoms. The second kappa shape index (κ2) is 3.28. The first-order valence-electron chi connectivity index (χ1n) is 1.24. The van der Waals surface area contributed by atoms with Crippen molar-refractivity contribution < 1.29 is 5.11 Å². The quantitative estimate of drug-likeness (QED) is 0.321. The molecule has 0 aliphatic carbocycles. The lowest BCUT2D eigenvalue weighted by atomic mass is 10.6. The van der Waals surface area contributed by atoms with Crippen molar-refractivity contribution in [2.45, 2.75) is 0 Å². The molecule has 0 saturated carbocycles. The number of hydrogen-bond acceptors (Lipinski definition) is 0. The van der Waals surface area contributed by atoms with E-state index in [1.807, 2.05) is 0 Å². The minimum Gasteiger partial charge on any atom is -0.299 e. The van der Waals surface area contributed by atoms with Crippen LogP contribution >= 0.6 is 0 Å². The van der Waals surface area contributed by atoms with E-state index in [9.17, 15) is 5.11 Å². The first kappa shape index (κ1) is 4.28. The van der Waals surface area contributed by atoms with Crippen LogP contribution in [0.1, 0.15) is 0 Å². The van der Waals surface area contributed by atoms with E-state index in [2.05, 4.69) is 0 Å². The molecule has 5 heavy (non-hydrogen) atoms. The summed E-state index contributed by atoms with van der Waals surface area (Å²) in [6, 6.07) is 0. The zero-order valence-electron chi connectivity index (χ0n) is 2.72. The Morgan fingerprint density at radius 3 is 2.20 bits per heavy atom. The van der Waals surface area contributed by atoms with Crippen molar-refractivity contribution >= 4 is 0 Å². The van der Waals surface area contributed by atoms with Crippen LogP contribution in [0.25, 0.3) is 0 Å². The third-order valence-electron chi connectivity index (χ3n) is 0.190. The minimum atomic E-state index is 0.625. The maximum atomic E-state index is 9.24. The maximum Gasteiger partial charge on any atom is 0.142 e. The van der Waals surface area contributed by atoms with Gasteiger partial charge in [-0.05, 0) is 6.08 Å². The molecule has 0 N–H and O–H groups in total. The third kappa shape index (κ3) is 3.28. The average molecular weight is 68.1 g/mol.